The number of benzene rings is 1. The van der Waals surface area contributed by atoms with Gasteiger partial charge in [0.1, 0.15) is 0 Å². The van der Waals surface area contributed by atoms with Gasteiger partial charge in [-0.2, -0.15) is 0 Å². The van der Waals surface area contributed by atoms with E-state index in [1.807, 2.05) is 0 Å². The number of aryl methyl sites for hydroxylation is 1. The van der Waals surface area contributed by atoms with Crippen LogP contribution >= 0.6 is 0 Å². The van der Waals surface area contributed by atoms with E-state index in [0.29, 0.717) is 6.54 Å². The van der Waals surface area contributed by atoms with Crippen molar-refractivity contribution in [2.75, 3.05) is 18.0 Å². The quantitative estimate of drug-likeness (QED) is 0.714. The van der Waals surface area contributed by atoms with Gasteiger partial charge >= 0.3 is 0 Å². The highest BCUT2D eigenvalue weighted by Crippen LogP contribution is 2.30. The standard InChI is InChI=1S/C17H30N2/c1-5-7-10-13-17(4,14-18)19(6-2)16-12-9-8-11-15(16)3/h8-9,11-12H,5-7,10,13-14,18H2,1-4H3. The van der Waals surface area contributed by atoms with E-state index in [9.17, 15) is 0 Å². The Labute approximate surface area is 119 Å². The zero-order valence-electron chi connectivity index (χ0n) is 13.1. The largest absolute Gasteiger partial charge is 0.365 e. The number of hydrogen-bond donors (Lipinski definition) is 1. The second-order valence-corrected chi connectivity index (χ2v) is 5.69. The van der Waals surface area contributed by atoms with E-state index >= 15 is 0 Å². The molecule has 0 aliphatic carbocycles. The Hall–Kier alpha value is -1.02. The summed E-state index contributed by atoms with van der Waals surface area (Å²) >= 11 is 0. The smallest absolute Gasteiger partial charge is 0.0496 e. The summed E-state index contributed by atoms with van der Waals surface area (Å²) in [7, 11) is 0. The number of rotatable bonds is 8. The van der Waals surface area contributed by atoms with Crippen molar-refractivity contribution in [3.8, 4) is 0 Å². The molecule has 108 valence electrons. The average molecular weight is 262 g/mol. The van der Waals surface area contributed by atoms with E-state index in [0.717, 1.165) is 6.54 Å². The lowest BCUT2D eigenvalue weighted by atomic mass is 9.91. The van der Waals surface area contributed by atoms with Crippen molar-refractivity contribution in [1.82, 2.24) is 0 Å². The number of nitrogens with two attached hydrogens (primary N) is 1. The Morgan fingerprint density at radius 3 is 2.37 bits per heavy atom. The molecule has 1 atom stereocenters. The van der Waals surface area contributed by atoms with Crippen molar-refractivity contribution in [3.05, 3.63) is 29.8 Å². The molecular weight excluding hydrogens is 232 g/mol. The maximum absolute atomic E-state index is 6.11. The van der Waals surface area contributed by atoms with Gasteiger partial charge in [0.25, 0.3) is 0 Å². The minimum atomic E-state index is 0.0655. The number of para-hydroxylation sites is 1. The van der Waals surface area contributed by atoms with E-state index in [1.165, 1.54) is 36.9 Å². The second kappa shape index (κ2) is 7.54. The van der Waals surface area contributed by atoms with Crippen LogP contribution in [0.2, 0.25) is 0 Å². The first kappa shape index (κ1) is 16.0. The SMILES string of the molecule is CCCCCC(C)(CN)N(CC)c1ccccc1C. The molecule has 19 heavy (non-hydrogen) atoms. The van der Waals surface area contributed by atoms with Crippen LogP contribution in [0.5, 0.6) is 0 Å². The third-order valence-corrected chi connectivity index (χ3v) is 4.13. The van der Waals surface area contributed by atoms with Gasteiger partial charge in [-0.3, -0.25) is 0 Å². The second-order valence-electron chi connectivity index (χ2n) is 5.69. The molecule has 0 spiro atoms. The van der Waals surface area contributed by atoms with Gasteiger partial charge in [0, 0.05) is 24.3 Å². The Balaban J connectivity index is 2.95. The highest BCUT2D eigenvalue weighted by atomic mass is 15.2. The molecule has 2 heteroatoms. The molecule has 0 aliphatic heterocycles. The van der Waals surface area contributed by atoms with Crippen molar-refractivity contribution in [2.24, 2.45) is 5.73 Å². The Bertz CT molecular complexity index is 375. The van der Waals surface area contributed by atoms with Crippen LogP contribution in [0.3, 0.4) is 0 Å². The van der Waals surface area contributed by atoms with E-state index < -0.39 is 0 Å². The summed E-state index contributed by atoms with van der Waals surface area (Å²) in [6.45, 7) is 10.7. The van der Waals surface area contributed by atoms with Crippen LogP contribution in [-0.2, 0) is 0 Å². The molecule has 0 bridgehead atoms. The lowest BCUT2D eigenvalue weighted by Gasteiger charge is -2.43. The van der Waals surface area contributed by atoms with E-state index in [2.05, 4.69) is 56.9 Å². The molecule has 2 nitrogen and oxygen atoms in total. The maximum Gasteiger partial charge on any atom is 0.0496 e. The lowest BCUT2D eigenvalue weighted by Crippen LogP contribution is -2.52. The molecule has 0 aromatic heterocycles. The minimum absolute atomic E-state index is 0.0655. The van der Waals surface area contributed by atoms with Crippen LogP contribution < -0.4 is 10.6 Å². The summed E-state index contributed by atoms with van der Waals surface area (Å²) in [6, 6.07) is 8.62. The molecule has 2 N–H and O–H groups in total. The van der Waals surface area contributed by atoms with Crippen LogP contribution in [0.1, 0.15) is 52.0 Å². The normalized spacial score (nSPS) is 14.2. The summed E-state index contributed by atoms with van der Waals surface area (Å²) in [4.78, 5) is 2.48. The Morgan fingerprint density at radius 2 is 1.84 bits per heavy atom. The van der Waals surface area contributed by atoms with E-state index in [1.54, 1.807) is 0 Å². The van der Waals surface area contributed by atoms with Crippen LogP contribution in [-0.4, -0.2) is 18.6 Å². The summed E-state index contributed by atoms with van der Waals surface area (Å²) in [5, 5.41) is 0. The average Bonchev–Trinajstić information content (AvgIpc) is 2.42. The fourth-order valence-corrected chi connectivity index (χ4v) is 2.81. The van der Waals surface area contributed by atoms with Gasteiger partial charge in [-0.05, 0) is 38.8 Å². The van der Waals surface area contributed by atoms with Gasteiger partial charge in [0.2, 0.25) is 0 Å². The lowest BCUT2D eigenvalue weighted by molar-refractivity contribution is 0.387. The zero-order valence-corrected chi connectivity index (χ0v) is 13.1. The fourth-order valence-electron chi connectivity index (χ4n) is 2.81. The molecule has 0 heterocycles. The first-order valence-electron chi connectivity index (χ1n) is 7.62. The predicted octanol–water partition coefficient (Wildman–Crippen LogP) is 4.12. The van der Waals surface area contributed by atoms with Crippen molar-refractivity contribution in [3.63, 3.8) is 0 Å². The van der Waals surface area contributed by atoms with Gasteiger partial charge in [-0.25, -0.2) is 0 Å². The van der Waals surface area contributed by atoms with Crippen molar-refractivity contribution < 1.29 is 0 Å². The molecule has 1 aromatic carbocycles. The highest BCUT2D eigenvalue weighted by Gasteiger charge is 2.29. The number of hydrogen-bond acceptors (Lipinski definition) is 2. The fraction of sp³-hybridized carbons (Fsp3) is 0.647. The molecule has 0 saturated heterocycles. The number of likely N-dealkylation sites (N-methyl/N-ethyl adjacent to an activating group) is 1. The number of unbranched alkanes of at least 4 members (excludes halogenated alkanes) is 2. The monoisotopic (exact) mass is 262 g/mol. The van der Waals surface area contributed by atoms with E-state index in [4.69, 9.17) is 5.73 Å². The van der Waals surface area contributed by atoms with Crippen molar-refractivity contribution >= 4 is 5.69 Å². The first-order chi connectivity index (χ1) is 9.09. The molecular formula is C17H30N2. The third-order valence-electron chi connectivity index (χ3n) is 4.13. The van der Waals surface area contributed by atoms with Crippen LogP contribution in [0, 0.1) is 6.92 Å². The first-order valence-corrected chi connectivity index (χ1v) is 7.62. The van der Waals surface area contributed by atoms with Gasteiger partial charge in [0.15, 0.2) is 0 Å². The van der Waals surface area contributed by atoms with Crippen LogP contribution in [0.4, 0.5) is 5.69 Å². The Morgan fingerprint density at radius 1 is 1.16 bits per heavy atom. The molecule has 0 fully saturated rings. The maximum atomic E-state index is 6.11. The molecule has 0 aliphatic rings. The highest BCUT2D eigenvalue weighted by molar-refractivity contribution is 5.55. The topological polar surface area (TPSA) is 29.3 Å². The summed E-state index contributed by atoms with van der Waals surface area (Å²) < 4.78 is 0. The minimum Gasteiger partial charge on any atom is -0.365 e. The summed E-state index contributed by atoms with van der Waals surface area (Å²) in [5.74, 6) is 0. The van der Waals surface area contributed by atoms with Crippen LogP contribution in [0.25, 0.3) is 0 Å². The third kappa shape index (κ3) is 3.97. The predicted molar refractivity (Wildman–Crippen MR) is 85.8 cm³/mol. The molecule has 1 aromatic rings. The molecule has 0 radical (unpaired) electrons. The Kier molecular flexibility index (Phi) is 6.36. The van der Waals surface area contributed by atoms with Crippen molar-refractivity contribution in [2.45, 2.75) is 58.9 Å². The molecule has 0 saturated carbocycles. The molecule has 1 unspecified atom stereocenters. The summed E-state index contributed by atoms with van der Waals surface area (Å²) in [6.07, 6.45) is 4.98. The zero-order chi connectivity index (χ0) is 14.3. The molecule has 0 amide bonds. The van der Waals surface area contributed by atoms with Crippen molar-refractivity contribution in [1.29, 1.82) is 0 Å². The van der Waals surface area contributed by atoms with Gasteiger partial charge in [-0.15, -0.1) is 0 Å². The van der Waals surface area contributed by atoms with Gasteiger partial charge in [-0.1, -0.05) is 44.4 Å². The van der Waals surface area contributed by atoms with Gasteiger partial charge in [0.05, 0.1) is 0 Å². The van der Waals surface area contributed by atoms with Gasteiger partial charge < -0.3 is 10.6 Å². The number of nitrogens with zero attached hydrogens (tertiary/aromatic N) is 1. The summed E-state index contributed by atoms with van der Waals surface area (Å²) in [5.41, 5.74) is 8.84. The molecule has 1 rings (SSSR count). The number of anilines is 1. The van der Waals surface area contributed by atoms with Crippen LogP contribution in [0.15, 0.2) is 24.3 Å². The van der Waals surface area contributed by atoms with E-state index in [-0.39, 0.29) is 5.54 Å².